The standard InChI is InChI=1S/C27H23ClN4O/c1-18(24-14-21-12-22(28)10-11-25(21)31-27(24)33)30-23-9-5-8-20(13-23)26-15-29-17-32(26)16-19-6-3-2-4-7-19/h2-15,17-18,30H,16H2,1H3,(H,31,33). The number of benzene rings is 3. The number of halogens is 1. The van der Waals surface area contributed by atoms with Gasteiger partial charge in [-0.25, -0.2) is 4.98 Å². The first-order valence-corrected chi connectivity index (χ1v) is 11.2. The highest BCUT2D eigenvalue weighted by Crippen LogP contribution is 2.26. The Balaban J connectivity index is 1.41. The Morgan fingerprint density at radius 2 is 1.88 bits per heavy atom. The topological polar surface area (TPSA) is 62.7 Å². The van der Waals surface area contributed by atoms with Gasteiger partial charge in [0.2, 0.25) is 0 Å². The number of nitrogens with one attached hydrogen (secondary N) is 2. The zero-order valence-electron chi connectivity index (χ0n) is 18.1. The van der Waals surface area contributed by atoms with Crippen LogP contribution >= 0.6 is 11.6 Å². The largest absolute Gasteiger partial charge is 0.378 e. The number of aromatic amines is 1. The molecule has 2 N–H and O–H groups in total. The van der Waals surface area contributed by atoms with E-state index in [9.17, 15) is 4.79 Å². The number of aromatic nitrogens is 3. The highest BCUT2D eigenvalue weighted by molar-refractivity contribution is 6.31. The van der Waals surface area contributed by atoms with E-state index in [-0.39, 0.29) is 11.6 Å². The third-order valence-corrected chi connectivity index (χ3v) is 5.99. The van der Waals surface area contributed by atoms with Crippen LogP contribution in [0.15, 0.2) is 96.2 Å². The SMILES string of the molecule is CC(Nc1cccc(-c2cncn2Cc2ccccc2)c1)c1cc2cc(Cl)ccc2[nH]c1=O. The summed E-state index contributed by atoms with van der Waals surface area (Å²) in [6.07, 6.45) is 3.73. The van der Waals surface area contributed by atoms with E-state index in [0.717, 1.165) is 34.4 Å². The maximum Gasteiger partial charge on any atom is 0.253 e. The van der Waals surface area contributed by atoms with E-state index in [2.05, 4.69) is 44.1 Å². The number of nitrogens with zero attached hydrogens (tertiary/aromatic N) is 2. The van der Waals surface area contributed by atoms with Crippen LogP contribution in [0.3, 0.4) is 0 Å². The number of rotatable bonds is 6. The maximum absolute atomic E-state index is 12.7. The van der Waals surface area contributed by atoms with Gasteiger partial charge in [-0.15, -0.1) is 0 Å². The fourth-order valence-corrected chi connectivity index (χ4v) is 4.26. The van der Waals surface area contributed by atoms with E-state index in [1.807, 2.05) is 68.0 Å². The van der Waals surface area contributed by atoms with E-state index < -0.39 is 0 Å². The maximum atomic E-state index is 12.7. The number of hydrogen-bond acceptors (Lipinski definition) is 3. The lowest BCUT2D eigenvalue weighted by atomic mass is 10.1. The molecule has 0 bridgehead atoms. The summed E-state index contributed by atoms with van der Waals surface area (Å²) in [5, 5.41) is 5.01. The summed E-state index contributed by atoms with van der Waals surface area (Å²) in [6.45, 7) is 2.73. The molecule has 6 heteroatoms. The van der Waals surface area contributed by atoms with Gasteiger partial charge in [0, 0.05) is 39.3 Å². The molecular formula is C27H23ClN4O. The molecule has 5 nitrogen and oxygen atoms in total. The molecule has 0 saturated heterocycles. The second-order valence-electron chi connectivity index (χ2n) is 8.12. The van der Waals surface area contributed by atoms with Crippen molar-refractivity contribution < 1.29 is 0 Å². The monoisotopic (exact) mass is 454 g/mol. The molecular weight excluding hydrogens is 432 g/mol. The predicted molar refractivity (Wildman–Crippen MR) is 135 cm³/mol. The van der Waals surface area contributed by atoms with E-state index in [1.165, 1.54) is 5.56 Å². The first-order valence-electron chi connectivity index (χ1n) is 10.8. The van der Waals surface area contributed by atoms with E-state index in [1.54, 1.807) is 6.07 Å². The molecule has 33 heavy (non-hydrogen) atoms. The highest BCUT2D eigenvalue weighted by atomic mass is 35.5. The van der Waals surface area contributed by atoms with Crippen LogP contribution in [0.2, 0.25) is 5.02 Å². The Bertz CT molecular complexity index is 1470. The van der Waals surface area contributed by atoms with Crippen molar-refractivity contribution in [3.8, 4) is 11.3 Å². The van der Waals surface area contributed by atoms with Gasteiger partial charge in [0.15, 0.2) is 0 Å². The van der Waals surface area contributed by atoms with Gasteiger partial charge in [-0.3, -0.25) is 4.79 Å². The molecule has 0 fully saturated rings. The molecule has 164 valence electrons. The normalized spacial score (nSPS) is 12.1. The van der Waals surface area contributed by atoms with Crippen molar-refractivity contribution in [3.05, 3.63) is 118 Å². The zero-order valence-corrected chi connectivity index (χ0v) is 18.9. The Morgan fingerprint density at radius 3 is 2.73 bits per heavy atom. The lowest BCUT2D eigenvalue weighted by Gasteiger charge is -2.17. The number of H-pyrrole nitrogens is 1. The van der Waals surface area contributed by atoms with E-state index >= 15 is 0 Å². The van der Waals surface area contributed by atoms with Gasteiger partial charge < -0.3 is 14.9 Å². The first-order chi connectivity index (χ1) is 16.1. The summed E-state index contributed by atoms with van der Waals surface area (Å²) < 4.78 is 2.13. The molecule has 2 aromatic heterocycles. The summed E-state index contributed by atoms with van der Waals surface area (Å²) in [5.74, 6) is 0. The highest BCUT2D eigenvalue weighted by Gasteiger charge is 2.13. The van der Waals surface area contributed by atoms with E-state index in [4.69, 9.17) is 11.6 Å². The molecule has 5 aromatic rings. The second kappa shape index (κ2) is 8.96. The third kappa shape index (κ3) is 4.54. The average Bonchev–Trinajstić information content (AvgIpc) is 3.28. The van der Waals surface area contributed by atoms with Crippen LogP contribution in [0.1, 0.15) is 24.1 Å². The summed E-state index contributed by atoms with van der Waals surface area (Å²) in [5.41, 5.74) is 5.56. The molecule has 0 saturated carbocycles. The number of imidazole rings is 1. The molecule has 3 aromatic carbocycles. The minimum Gasteiger partial charge on any atom is -0.378 e. The molecule has 5 rings (SSSR count). The average molecular weight is 455 g/mol. The molecule has 0 aliphatic carbocycles. The van der Waals surface area contributed by atoms with E-state index in [0.29, 0.717) is 10.6 Å². The Hall–Kier alpha value is -3.83. The fraction of sp³-hybridized carbons (Fsp3) is 0.111. The van der Waals surface area contributed by atoms with Gasteiger partial charge in [-0.05, 0) is 48.9 Å². The van der Waals surface area contributed by atoms with Gasteiger partial charge in [0.1, 0.15) is 0 Å². The number of fused-ring (bicyclic) bond motifs is 1. The smallest absolute Gasteiger partial charge is 0.253 e. The van der Waals surface area contributed by atoms with Crippen LogP contribution in [-0.2, 0) is 6.54 Å². The van der Waals surface area contributed by atoms with Crippen LogP contribution in [0.4, 0.5) is 5.69 Å². The quantitative estimate of drug-likeness (QED) is 0.318. The molecule has 0 spiro atoms. The second-order valence-corrected chi connectivity index (χ2v) is 8.56. The van der Waals surface area contributed by atoms with Crippen molar-refractivity contribution in [2.24, 2.45) is 0 Å². The molecule has 0 aliphatic heterocycles. The van der Waals surface area contributed by atoms with Crippen LogP contribution in [0.25, 0.3) is 22.2 Å². The third-order valence-electron chi connectivity index (χ3n) is 5.75. The number of hydrogen-bond donors (Lipinski definition) is 2. The van der Waals surface area contributed by atoms with Crippen molar-refractivity contribution >= 4 is 28.2 Å². The summed E-state index contributed by atoms with van der Waals surface area (Å²) in [7, 11) is 0. The molecule has 1 unspecified atom stereocenters. The van der Waals surface area contributed by atoms with Gasteiger partial charge >= 0.3 is 0 Å². The van der Waals surface area contributed by atoms with Gasteiger partial charge in [0.25, 0.3) is 5.56 Å². The Kier molecular flexibility index (Phi) is 5.71. The molecule has 0 amide bonds. The molecule has 1 atom stereocenters. The van der Waals surface area contributed by atoms with Gasteiger partial charge in [-0.1, -0.05) is 54.1 Å². The fourth-order valence-electron chi connectivity index (χ4n) is 4.08. The van der Waals surface area contributed by atoms with Crippen LogP contribution < -0.4 is 10.9 Å². The lowest BCUT2D eigenvalue weighted by Crippen LogP contribution is -2.19. The first kappa shape index (κ1) is 21.0. The van der Waals surface area contributed by atoms with Crippen molar-refractivity contribution in [1.29, 1.82) is 0 Å². The zero-order chi connectivity index (χ0) is 22.8. The summed E-state index contributed by atoms with van der Waals surface area (Å²) in [4.78, 5) is 20.0. The van der Waals surface area contributed by atoms with Crippen molar-refractivity contribution in [1.82, 2.24) is 14.5 Å². The van der Waals surface area contributed by atoms with Crippen LogP contribution in [-0.4, -0.2) is 14.5 Å². The van der Waals surface area contributed by atoms with Crippen LogP contribution in [0, 0.1) is 0 Å². The van der Waals surface area contributed by atoms with Crippen molar-refractivity contribution in [2.45, 2.75) is 19.5 Å². The van der Waals surface area contributed by atoms with Gasteiger partial charge in [-0.2, -0.15) is 0 Å². The van der Waals surface area contributed by atoms with Crippen LogP contribution in [0.5, 0.6) is 0 Å². The molecule has 2 heterocycles. The number of anilines is 1. The minimum atomic E-state index is -0.193. The summed E-state index contributed by atoms with van der Waals surface area (Å²) in [6, 6.07) is 25.6. The van der Waals surface area contributed by atoms with Crippen molar-refractivity contribution in [2.75, 3.05) is 5.32 Å². The molecule has 0 aliphatic rings. The molecule has 0 radical (unpaired) electrons. The Labute approximate surface area is 196 Å². The van der Waals surface area contributed by atoms with Crippen molar-refractivity contribution in [3.63, 3.8) is 0 Å². The predicted octanol–water partition coefficient (Wildman–Crippen LogP) is 6.27. The van der Waals surface area contributed by atoms with Gasteiger partial charge in [0.05, 0.1) is 24.3 Å². The number of pyridine rings is 1. The Morgan fingerprint density at radius 1 is 1.03 bits per heavy atom. The summed E-state index contributed by atoms with van der Waals surface area (Å²) >= 11 is 6.14. The minimum absolute atomic E-state index is 0.109. The lowest BCUT2D eigenvalue weighted by molar-refractivity contribution is 0.805.